The first-order valence-electron chi connectivity index (χ1n) is 45.7. The van der Waals surface area contributed by atoms with Crippen molar-refractivity contribution in [3.63, 3.8) is 0 Å². The summed E-state index contributed by atoms with van der Waals surface area (Å²) in [5.74, 6) is -0.694. The molecular formula is C78H113N22O38P5S4. The van der Waals surface area contributed by atoms with Crippen LogP contribution in [0.15, 0.2) is 77.5 Å². The number of fused-ring (bicyclic) bond motifs is 3. The second-order valence-corrected chi connectivity index (χ2v) is 47.3. The number of phosphoric ester groups is 1. The number of nitrogens with two attached hydrogens (primary N) is 4. The summed E-state index contributed by atoms with van der Waals surface area (Å²) >= 11 is 17.6. The Morgan fingerprint density at radius 3 is 1.28 bits per heavy atom. The molecule has 147 heavy (non-hydrogen) atoms. The standard InChI is InChI=1S/C78H113N22O38P5S4/c1-9-10-11-12-13-14-40-41(23-48(128-40)98-34-86-51-64(98)89-74(81)91-68(51)104)134-140(111,144)124-28-43-42(24-49(129-43)99-35-87-52-65(99)90-75(82)92-69(52)105)135-141(112,145)126-31-46-54(58(120-20-16-116-6)73(133-46)100-36-85-50-62(80)83-33-84-63(50)100)136-139(109,110)123-30-45-55(59(121-21-17-117-7)71(131-45)96-26-38(3)66(102)93-77(96)107)137-143(114,147)127-32-47-56(60(122-22-18-118-8)72(132-47)97-27-39(4)67(103)94-78(97)108)138-142(113,146)125-29-44-53(101)57(119-19-15-115-5)70(130-44)95-25-37(2)61(79)88-76(95)106/h25-27,33-36,40-49,53-60,70-73,101H,9-24,28-32H2,1-8H3,(H,109,110)(H,111,144)(H,112,145)(H,113,146)(H,114,147)(H2,79,88,106)(H2,80,83,84)(H,93,102,107)(H,94,103,108)(H3,81,89,91,104)(H3,82,90,92,105)/t40-,41?,42-,43-,44-,45-,46-,47-,48-,49-,53?,54?,55+,56?,57?,58?,59?,60?,70-,71-,72-,73-,140?,141?,142?,143?/m1/s1. The molecule has 15 heterocycles. The molecule has 27 atom stereocenters. The Bertz CT molecular complexity index is 6830. The van der Waals surface area contributed by atoms with E-state index in [-0.39, 0.29) is 127 Å². The highest BCUT2D eigenvalue weighted by Gasteiger charge is 2.58. The quantitative estimate of drug-likeness (QED) is 0.0148. The highest BCUT2D eigenvalue weighted by molar-refractivity contribution is 8.45. The lowest BCUT2D eigenvalue weighted by Gasteiger charge is -2.29. The number of thiol groups is 4. The van der Waals surface area contributed by atoms with Crippen molar-refractivity contribution in [2.24, 2.45) is 0 Å². The molecule has 0 bridgehead atoms. The number of aromatic amines is 4. The Hall–Kier alpha value is -7.80. The maximum atomic E-state index is 15.6. The third-order valence-electron chi connectivity index (χ3n) is 24.3. The second kappa shape index (κ2) is 49.1. The van der Waals surface area contributed by atoms with Crippen LogP contribution in [0.1, 0.15) is 112 Å². The number of H-pyrrole nitrogens is 4. The number of unbranched alkanes of at least 4 members (excludes halogenated alkanes) is 4. The van der Waals surface area contributed by atoms with Gasteiger partial charge in [-0.1, -0.05) is 88.0 Å². The van der Waals surface area contributed by atoms with E-state index in [1.165, 1.54) is 81.2 Å². The molecule has 6 aliphatic rings. The first kappa shape index (κ1) is 113. The Morgan fingerprint density at radius 2 is 0.796 bits per heavy atom. The first-order chi connectivity index (χ1) is 70.0. The van der Waals surface area contributed by atoms with Gasteiger partial charge in [-0.05, 0) is 27.2 Å². The van der Waals surface area contributed by atoms with Gasteiger partial charge in [-0.25, -0.2) is 62.1 Å². The molecule has 60 nitrogen and oxygen atoms in total. The highest BCUT2D eigenvalue weighted by Crippen LogP contribution is 2.63. The van der Waals surface area contributed by atoms with Crippen LogP contribution >= 0.6 is 84.0 Å². The van der Waals surface area contributed by atoms with Crippen LogP contribution < -0.4 is 62.2 Å². The Morgan fingerprint density at radius 1 is 0.401 bits per heavy atom. The van der Waals surface area contributed by atoms with E-state index < -0.39 is 249 Å². The third-order valence-corrected chi connectivity index (χ3v) is 31.8. The van der Waals surface area contributed by atoms with Gasteiger partial charge < -0.3 is 99.3 Å². The zero-order valence-electron chi connectivity index (χ0n) is 79.8. The smallest absolute Gasteiger partial charge is 0.387 e. The average molecular weight is 2250 g/mol. The van der Waals surface area contributed by atoms with Crippen molar-refractivity contribution in [1.82, 2.24) is 87.2 Å². The fourth-order valence-corrected chi connectivity index (χ4v) is 24.2. The number of hydrogen-bond acceptors (Lipinski definition) is 49. The number of rotatable bonds is 53. The molecule has 6 saturated heterocycles. The van der Waals surface area contributed by atoms with Gasteiger partial charge in [0, 0.05) is 76.6 Å². The van der Waals surface area contributed by atoms with Crippen molar-refractivity contribution in [3.05, 3.63) is 133 Å². The molecule has 15 rings (SSSR count). The molecule has 0 spiro atoms. The molecular weight excluding hydrogens is 2140 g/mol. The number of nitrogens with zero attached hydrogens (tertiary/aromatic N) is 14. The average Bonchev–Trinajstić information content (AvgIpc) is 1.61. The number of methoxy groups -OCH3 is 4. The van der Waals surface area contributed by atoms with Gasteiger partial charge >= 0.3 is 52.1 Å². The zero-order chi connectivity index (χ0) is 105. The molecule has 812 valence electrons. The van der Waals surface area contributed by atoms with Gasteiger partial charge in [-0.3, -0.25) is 112 Å². The number of aromatic nitrogens is 18. The number of imidazole rings is 3. The maximum absolute atomic E-state index is 15.6. The van der Waals surface area contributed by atoms with Gasteiger partial charge in [-0.15, -0.1) is 0 Å². The summed E-state index contributed by atoms with van der Waals surface area (Å²) in [7, 11) is -0.498. The predicted molar refractivity (Wildman–Crippen MR) is 523 cm³/mol. The van der Waals surface area contributed by atoms with Crippen molar-refractivity contribution >= 4 is 141 Å². The highest BCUT2D eigenvalue weighted by atomic mass is 32.7. The van der Waals surface area contributed by atoms with Gasteiger partial charge in [0.2, 0.25) is 11.9 Å². The monoisotopic (exact) mass is 2250 g/mol. The van der Waals surface area contributed by atoms with E-state index in [1.54, 1.807) is 6.92 Å². The third kappa shape index (κ3) is 27.2. The zero-order valence-corrected chi connectivity index (χ0v) is 87.8. The van der Waals surface area contributed by atoms with Gasteiger partial charge in [0.1, 0.15) is 116 Å². The van der Waals surface area contributed by atoms with E-state index in [9.17, 15) is 52.7 Å². The van der Waals surface area contributed by atoms with E-state index in [4.69, 9.17) is 134 Å². The minimum atomic E-state index is -5.87. The Labute approximate surface area is 852 Å². The predicted octanol–water partition coefficient (Wildman–Crippen LogP) is 2.98. The number of nitrogen functional groups attached to an aromatic ring is 4. The molecule has 9 aromatic rings. The normalized spacial score (nSPS) is 28.5. The van der Waals surface area contributed by atoms with Crippen LogP contribution in [0.4, 0.5) is 23.5 Å². The van der Waals surface area contributed by atoms with Crippen molar-refractivity contribution in [1.29, 1.82) is 0 Å². The van der Waals surface area contributed by atoms with Crippen molar-refractivity contribution < 1.29 is 144 Å². The SMILES string of the molecule is CCCCCCC[C@H]1O[C@@H](n2cnc3c(=O)[nH]c(N)nc32)CC1OP(=O)(S)OC[C@H]1O[C@@H](n2cnc3c(=O)[nH]c(N)nc32)C[C@H]1OP(=O)(S)OC[C@H]1O[C@@H](n2cnc3c(N)ncnc32)C(OCCOC)C1OP(=O)(O)OC[C@H]1O[C@@H](n2cc(C)c(=O)[nH]c2=O)C(OCCOC)[C@H]1OP(=O)(S)OC[C@H]1O[C@@H](n2cc(C)c(=O)[nH]c2=O)C(OCCOC)C1OP(=O)(S)OC[C@H]1O[C@@H](n2cc(C)c(N)nc2=O)C(OCCOC)C1O. The maximum Gasteiger partial charge on any atom is 0.472 e. The fourth-order valence-electron chi connectivity index (χ4n) is 17.2. The summed E-state index contributed by atoms with van der Waals surface area (Å²) in [5.41, 5.74) is 18.2. The second-order valence-electron chi connectivity index (χ2n) is 34.4. The van der Waals surface area contributed by atoms with E-state index >= 15 is 13.7 Å². The van der Waals surface area contributed by atoms with Gasteiger partial charge in [0.15, 0.2) is 58.7 Å². The number of aliphatic hydroxyl groups excluding tert-OH is 1. The lowest BCUT2D eigenvalue weighted by Crippen LogP contribution is -2.42. The molecule has 6 aliphatic heterocycles. The van der Waals surface area contributed by atoms with Crippen LogP contribution in [-0.2, 0) is 134 Å². The number of nitrogens with one attached hydrogen (secondary N) is 4. The van der Waals surface area contributed by atoms with Crippen LogP contribution in [0.5, 0.6) is 0 Å². The summed E-state index contributed by atoms with van der Waals surface area (Å²) < 4.78 is 229. The molecule has 14 N–H and O–H groups in total. The minimum Gasteiger partial charge on any atom is -0.387 e. The van der Waals surface area contributed by atoms with Crippen LogP contribution in [0.2, 0.25) is 0 Å². The van der Waals surface area contributed by atoms with Crippen LogP contribution in [0, 0.1) is 20.8 Å². The lowest BCUT2D eigenvalue weighted by atomic mass is 10.0. The largest absolute Gasteiger partial charge is 0.472 e. The molecule has 0 aliphatic carbocycles. The Kier molecular flexibility index (Phi) is 37.8. The van der Waals surface area contributed by atoms with Crippen molar-refractivity contribution in [2.45, 2.75) is 214 Å². The van der Waals surface area contributed by atoms with Gasteiger partial charge in [-0.2, -0.15) is 15.0 Å². The first-order valence-corrected chi connectivity index (χ1v) is 58.0. The number of ether oxygens (including phenoxy) is 14. The number of anilines is 4. The van der Waals surface area contributed by atoms with Gasteiger partial charge in [0.05, 0.1) is 117 Å². The molecule has 6 fully saturated rings. The van der Waals surface area contributed by atoms with E-state index in [0.29, 0.717) is 18.4 Å². The minimum absolute atomic E-state index is 0.00388. The van der Waals surface area contributed by atoms with Crippen molar-refractivity contribution in [3.8, 4) is 0 Å². The Balaban J connectivity index is 0.705. The topological polar surface area (TPSA) is 767 Å². The molecule has 0 aromatic carbocycles. The van der Waals surface area contributed by atoms with E-state index in [2.05, 4.69) is 116 Å². The molecule has 9 aromatic heterocycles. The van der Waals surface area contributed by atoms with E-state index in [0.717, 1.165) is 58.1 Å². The summed E-state index contributed by atoms with van der Waals surface area (Å²) in [6, 6.07) is 0. The molecule has 13 unspecified atom stereocenters. The fraction of sp³-hybridized carbons (Fsp3) is 0.654. The van der Waals surface area contributed by atoms with Crippen LogP contribution in [0.25, 0.3) is 33.5 Å². The van der Waals surface area contributed by atoms with Crippen LogP contribution in [-0.4, -0.2) is 309 Å². The number of hydrogen-bond donors (Lipinski definition) is 14. The lowest BCUT2D eigenvalue weighted by molar-refractivity contribution is -0.0839. The number of phosphoric acid groups is 1. The van der Waals surface area contributed by atoms with E-state index in [1.807, 2.05) is 0 Å². The summed E-state index contributed by atoms with van der Waals surface area (Å²) in [5, 5.41) is 11.8. The summed E-state index contributed by atoms with van der Waals surface area (Å²) in [6.45, 7) is -19.9. The molecule has 0 radical (unpaired) electrons. The molecule has 69 heteroatoms. The summed E-state index contributed by atoms with van der Waals surface area (Å²) in [4.78, 5) is 149. The van der Waals surface area contributed by atoms with Gasteiger partial charge in [0.25, 0.3) is 22.2 Å². The molecule has 0 saturated carbocycles. The number of aryl methyl sites for hydroxylation is 3. The summed E-state index contributed by atoms with van der Waals surface area (Å²) in [6.07, 6.45) is -21.2. The number of aliphatic hydroxyl groups is 1. The molecule has 0 amide bonds. The van der Waals surface area contributed by atoms with Crippen LogP contribution in [0.3, 0.4) is 0 Å². The van der Waals surface area contributed by atoms with Crippen molar-refractivity contribution in [2.75, 3.05) is 137 Å².